The van der Waals surface area contributed by atoms with Crippen molar-refractivity contribution in [3.63, 3.8) is 0 Å². The van der Waals surface area contributed by atoms with Gasteiger partial charge in [0.05, 0.1) is 0 Å². The monoisotopic (exact) mass is 247 g/mol. The van der Waals surface area contributed by atoms with E-state index in [9.17, 15) is 0 Å². The van der Waals surface area contributed by atoms with Crippen LogP contribution in [0.25, 0.3) is 10.8 Å². The summed E-state index contributed by atoms with van der Waals surface area (Å²) in [5, 5.41) is 2.50. The number of nitrogens with two attached hydrogens (primary N) is 1. The first-order valence-corrected chi connectivity index (χ1v) is 5.56. The molecular weight excluding hydrogens is 230 g/mol. The molecule has 2 N–H and O–H groups in total. The molecule has 0 saturated heterocycles. The molecule has 0 aromatic heterocycles. The highest BCUT2D eigenvalue weighted by atomic mass is 35.5. The molecule has 0 saturated carbocycles. The van der Waals surface area contributed by atoms with Crippen LogP contribution in [0.3, 0.4) is 0 Å². The molecule has 1 atom stereocenters. The van der Waals surface area contributed by atoms with E-state index in [4.69, 9.17) is 5.73 Å². The van der Waals surface area contributed by atoms with E-state index in [-0.39, 0.29) is 18.4 Å². The average molecular weight is 248 g/mol. The molecule has 2 aromatic carbocycles. The summed E-state index contributed by atoms with van der Waals surface area (Å²) >= 11 is 0. The van der Waals surface area contributed by atoms with Crippen molar-refractivity contribution in [2.75, 3.05) is 0 Å². The van der Waals surface area contributed by atoms with E-state index >= 15 is 0 Å². The van der Waals surface area contributed by atoms with Gasteiger partial charge in [0.25, 0.3) is 0 Å². The van der Waals surface area contributed by atoms with Crippen molar-refractivity contribution >= 4 is 23.2 Å². The summed E-state index contributed by atoms with van der Waals surface area (Å²) < 4.78 is 0. The highest BCUT2D eigenvalue weighted by Gasteiger charge is 2.09. The highest BCUT2D eigenvalue weighted by Crippen LogP contribution is 2.26. The van der Waals surface area contributed by atoms with Gasteiger partial charge in [0, 0.05) is 6.04 Å². The molecule has 1 nitrogen and oxygen atoms in total. The van der Waals surface area contributed by atoms with Crippen LogP contribution in [0, 0.1) is 0 Å². The minimum absolute atomic E-state index is 0. The molecule has 0 aliphatic rings. The number of rotatable bonds is 3. The minimum Gasteiger partial charge on any atom is -0.324 e. The maximum atomic E-state index is 6.20. The summed E-state index contributed by atoms with van der Waals surface area (Å²) in [6.07, 6.45) is 0.841. The predicted molar refractivity (Wildman–Crippen MR) is 77.6 cm³/mol. The first-order valence-electron chi connectivity index (χ1n) is 5.56. The molecule has 17 heavy (non-hydrogen) atoms. The van der Waals surface area contributed by atoms with Crippen molar-refractivity contribution in [1.82, 2.24) is 0 Å². The number of benzene rings is 2. The third-order valence-corrected chi connectivity index (χ3v) is 2.79. The van der Waals surface area contributed by atoms with E-state index in [1.54, 1.807) is 0 Å². The Labute approximate surface area is 109 Å². The van der Waals surface area contributed by atoms with Crippen LogP contribution >= 0.6 is 12.4 Å². The minimum atomic E-state index is 0. The third-order valence-electron chi connectivity index (χ3n) is 2.79. The molecule has 0 spiro atoms. The van der Waals surface area contributed by atoms with Crippen molar-refractivity contribution in [2.45, 2.75) is 19.4 Å². The van der Waals surface area contributed by atoms with Crippen molar-refractivity contribution < 1.29 is 0 Å². The van der Waals surface area contributed by atoms with Crippen molar-refractivity contribution in [1.29, 1.82) is 0 Å². The Hall–Kier alpha value is -1.31. The van der Waals surface area contributed by atoms with Crippen LogP contribution < -0.4 is 5.73 Å². The fourth-order valence-corrected chi connectivity index (χ4v) is 2.06. The smallest absolute Gasteiger partial charge is 0.0338 e. The predicted octanol–water partition coefficient (Wildman–Crippen LogP) is 4.23. The zero-order chi connectivity index (χ0) is 11.5. The SMILES string of the molecule is C=C(C)C[C@H](N)c1cccc2ccccc12.Cl. The van der Waals surface area contributed by atoms with Gasteiger partial charge in [-0.1, -0.05) is 48.0 Å². The molecule has 0 fully saturated rings. The molecule has 0 aliphatic carbocycles. The second-order valence-corrected chi connectivity index (χ2v) is 4.34. The molecule has 0 radical (unpaired) electrons. The largest absolute Gasteiger partial charge is 0.324 e. The van der Waals surface area contributed by atoms with Crippen molar-refractivity contribution in [3.8, 4) is 0 Å². The second kappa shape index (κ2) is 5.85. The van der Waals surface area contributed by atoms with Gasteiger partial charge in [0.1, 0.15) is 0 Å². The fraction of sp³-hybridized carbons (Fsp3) is 0.200. The number of hydrogen-bond acceptors (Lipinski definition) is 1. The lowest BCUT2D eigenvalue weighted by Crippen LogP contribution is -2.10. The molecular formula is C15H18ClN. The average Bonchev–Trinajstić information content (AvgIpc) is 2.27. The second-order valence-electron chi connectivity index (χ2n) is 4.34. The number of hydrogen-bond donors (Lipinski definition) is 1. The van der Waals surface area contributed by atoms with E-state index < -0.39 is 0 Å². The van der Waals surface area contributed by atoms with E-state index in [1.807, 2.05) is 6.92 Å². The Bertz CT molecular complexity index is 514. The molecule has 0 amide bonds. The molecule has 2 rings (SSSR count). The summed E-state index contributed by atoms with van der Waals surface area (Å²) in [6, 6.07) is 14.7. The van der Waals surface area contributed by atoms with Gasteiger partial charge >= 0.3 is 0 Å². The summed E-state index contributed by atoms with van der Waals surface area (Å²) in [5.41, 5.74) is 8.54. The van der Waals surface area contributed by atoms with Gasteiger partial charge in [0.2, 0.25) is 0 Å². The van der Waals surface area contributed by atoms with Gasteiger partial charge in [-0.05, 0) is 29.7 Å². The zero-order valence-corrected chi connectivity index (χ0v) is 10.8. The molecule has 2 heteroatoms. The van der Waals surface area contributed by atoms with Gasteiger partial charge in [-0.25, -0.2) is 0 Å². The number of halogens is 1. The first kappa shape index (κ1) is 13.8. The Balaban J connectivity index is 0.00000144. The van der Waals surface area contributed by atoms with Gasteiger partial charge in [-0.3, -0.25) is 0 Å². The van der Waals surface area contributed by atoms with Crippen LogP contribution in [0.1, 0.15) is 24.9 Å². The Kier molecular flexibility index (Phi) is 4.73. The number of fused-ring (bicyclic) bond motifs is 1. The van der Waals surface area contributed by atoms with Crippen molar-refractivity contribution in [3.05, 3.63) is 60.2 Å². The Morgan fingerprint density at radius 2 is 1.82 bits per heavy atom. The first-order chi connectivity index (χ1) is 7.68. The highest BCUT2D eigenvalue weighted by molar-refractivity contribution is 5.86. The molecule has 90 valence electrons. The standard InChI is InChI=1S/C15H17N.ClH/c1-11(2)10-15(16)14-9-5-7-12-6-3-4-8-13(12)14;/h3-9,15H,1,10,16H2,2H3;1H/t15-;/m0./s1. The van der Waals surface area contributed by atoms with E-state index in [0.29, 0.717) is 0 Å². The third kappa shape index (κ3) is 3.09. The quantitative estimate of drug-likeness (QED) is 0.808. The van der Waals surface area contributed by atoms with Crippen LogP contribution in [-0.4, -0.2) is 0 Å². The lowest BCUT2D eigenvalue weighted by Gasteiger charge is -2.14. The summed E-state index contributed by atoms with van der Waals surface area (Å²) in [7, 11) is 0. The lowest BCUT2D eigenvalue weighted by molar-refractivity contribution is 0.723. The molecule has 0 unspecified atom stereocenters. The Morgan fingerprint density at radius 3 is 2.53 bits per heavy atom. The summed E-state index contributed by atoms with van der Waals surface area (Å²) in [4.78, 5) is 0. The van der Waals surface area contributed by atoms with E-state index in [0.717, 1.165) is 12.0 Å². The van der Waals surface area contributed by atoms with Crippen LogP contribution in [0.5, 0.6) is 0 Å². The maximum Gasteiger partial charge on any atom is 0.0338 e. The fourth-order valence-electron chi connectivity index (χ4n) is 2.06. The van der Waals surface area contributed by atoms with Crippen LogP contribution in [-0.2, 0) is 0 Å². The summed E-state index contributed by atoms with van der Waals surface area (Å²) in [6.45, 7) is 5.94. The van der Waals surface area contributed by atoms with Crippen molar-refractivity contribution in [2.24, 2.45) is 5.73 Å². The topological polar surface area (TPSA) is 26.0 Å². The van der Waals surface area contributed by atoms with Gasteiger partial charge < -0.3 is 5.73 Å². The zero-order valence-electron chi connectivity index (χ0n) is 10.0. The molecule has 2 aromatic rings. The summed E-state index contributed by atoms with van der Waals surface area (Å²) in [5.74, 6) is 0. The Morgan fingerprint density at radius 1 is 1.18 bits per heavy atom. The van der Waals surface area contributed by atoms with Gasteiger partial charge in [0.15, 0.2) is 0 Å². The van der Waals surface area contributed by atoms with E-state index in [1.165, 1.54) is 16.3 Å². The molecule has 0 bridgehead atoms. The lowest BCUT2D eigenvalue weighted by atomic mass is 9.95. The maximum absolute atomic E-state index is 6.20. The van der Waals surface area contributed by atoms with Gasteiger partial charge in [-0.15, -0.1) is 19.0 Å². The van der Waals surface area contributed by atoms with Crippen LogP contribution in [0.4, 0.5) is 0 Å². The normalized spacial score (nSPS) is 11.9. The molecule has 0 aliphatic heterocycles. The van der Waals surface area contributed by atoms with Gasteiger partial charge in [-0.2, -0.15) is 0 Å². The van der Waals surface area contributed by atoms with Crippen LogP contribution in [0.15, 0.2) is 54.6 Å². The molecule has 0 heterocycles. The van der Waals surface area contributed by atoms with E-state index in [2.05, 4.69) is 49.0 Å². The van der Waals surface area contributed by atoms with Crippen LogP contribution in [0.2, 0.25) is 0 Å².